The largest absolute Gasteiger partial charge is 0.353 e. The van der Waals surface area contributed by atoms with Crippen LogP contribution in [0.15, 0.2) is 0 Å². The lowest BCUT2D eigenvalue weighted by atomic mass is 9.78. The van der Waals surface area contributed by atoms with Crippen molar-refractivity contribution in [2.24, 2.45) is 17.6 Å². The third-order valence-electron chi connectivity index (χ3n) is 4.84. The third kappa shape index (κ3) is 3.71. The Morgan fingerprint density at radius 1 is 1.06 bits per heavy atom. The summed E-state index contributed by atoms with van der Waals surface area (Å²) >= 11 is 0. The molecule has 104 valence electrons. The summed E-state index contributed by atoms with van der Waals surface area (Å²) in [5, 5.41) is 3.26. The molecule has 2 aliphatic carbocycles. The van der Waals surface area contributed by atoms with E-state index in [-0.39, 0.29) is 12.0 Å². The van der Waals surface area contributed by atoms with E-state index in [4.69, 9.17) is 5.73 Å². The van der Waals surface area contributed by atoms with E-state index in [1.165, 1.54) is 32.1 Å². The number of rotatable bonds is 3. The van der Waals surface area contributed by atoms with Gasteiger partial charge in [0.2, 0.25) is 5.91 Å². The molecule has 0 spiro atoms. The molecule has 3 heteroatoms. The van der Waals surface area contributed by atoms with Crippen LogP contribution in [0.3, 0.4) is 0 Å². The van der Waals surface area contributed by atoms with Crippen LogP contribution < -0.4 is 11.1 Å². The Morgan fingerprint density at radius 3 is 2.22 bits per heavy atom. The fourth-order valence-corrected chi connectivity index (χ4v) is 3.47. The fraction of sp³-hybridized carbons (Fsp3) is 0.933. The van der Waals surface area contributed by atoms with Gasteiger partial charge in [0.1, 0.15) is 0 Å². The molecule has 18 heavy (non-hydrogen) atoms. The molecule has 0 aromatic rings. The molecule has 2 saturated carbocycles. The van der Waals surface area contributed by atoms with Crippen LogP contribution >= 0.6 is 0 Å². The Labute approximate surface area is 111 Å². The molecule has 0 saturated heterocycles. The molecular weight excluding hydrogens is 224 g/mol. The molecule has 0 aromatic heterocycles. The molecule has 0 heterocycles. The Hall–Kier alpha value is -0.570. The maximum atomic E-state index is 12.2. The zero-order chi connectivity index (χ0) is 13.0. The molecule has 0 bridgehead atoms. The molecule has 3 N–H and O–H groups in total. The highest BCUT2D eigenvalue weighted by Crippen LogP contribution is 2.30. The van der Waals surface area contributed by atoms with Gasteiger partial charge in [-0.2, -0.15) is 0 Å². The van der Waals surface area contributed by atoms with Gasteiger partial charge in [-0.05, 0) is 51.4 Å². The number of amides is 1. The van der Waals surface area contributed by atoms with Gasteiger partial charge in [0, 0.05) is 18.0 Å². The average molecular weight is 252 g/mol. The van der Waals surface area contributed by atoms with Crippen LogP contribution in [0.5, 0.6) is 0 Å². The quantitative estimate of drug-likeness (QED) is 0.811. The molecule has 0 radical (unpaired) electrons. The summed E-state index contributed by atoms with van der Waals surface area (Å²) in [6.07, 6.45) is 10.6. The molecule has 2 aliphatic rings. The molecule has 0 aromatic carbocycles. The van der Waals surface area contributed by atoms with Crippen molar-refractivity contribution in [3.8, 4) is 0 Å². The Kier molecular flexibility index (Phi) is 5.04. The predicted molar refractivity (Wildman–Crippen MR) is 74.1 cm³/mol. The summed E-state index contributed by atoms with van der Waals surface area (Å²) in [7, 11) is 0. The van der Waals surface area contributed by atoms with Crippen molar-refractivity contribution in [3.63, 3.8) is 0 Å². The van der Waals surface area contributed by atoms with E-state index in [2.05, 4.69) is 12.2 Å². The van der Waals surface area contributed by atoms with E-state index < -0.39 is 0 Å². The zero-order valence-electron chi connectivity index (χ0n) is 11.7. The van der Waals surface area contributed by atoms with Gasteiger partial charge in [0.25, 0.3) is 0 Å². The van der Waals surface area contributed by atoms with Crippen molar-refractivity contribution in [2.45, 2.75) is 76.8 Å². The molecule has 2 fully saturated rings. The van der Waals surface area contributed by atoms with Crippen molar-refractivity contribution >= 4 is 5.91 Å². The third-order valence-corrected chi connectivity index (χ3v) is 4.84. The second-order valence-electron chi connectivity index (χ2n) is 6.31. The van der Waals surface area contributed by atoms with Crippen LogP contribution in [0, 0.1) is 11.8 Å². The van der Waals surface area contributed by atoms with E-state index in [9.17, 15) is 4.79 Å². The summed E-state index contributed by atoms with van der Waals surface area (Å²) in [6, 6.07) is 0.741. The van der Waals surface area contributed by atoms with Gasteiger partial charge >= 0.3 is 0 Å². The number of hydrogen-bond acceptors (Lipinski definition) is 2. The van der Waals surface area contributed by atoms with E-state index in [1.807, 2.05) is 0 Å². The van der Waals surface area contributed by atoms with Crippen LogP contribution in [0.2, 0.25) is 0 Å². The molecule has 0 aliphatic heterocycles. The minimum Gasteiger partial charge on any atom is -0.353 e. The molecular formula is C15H28N2O. The monoisotopic (exact) mass is 252 g/mol. The van der Waals surface area contributed by atoms with Gasteiger partial charge in [0.05, 0.1) is 0 Å². The second kappa shape index (κ2) is 6.55. The lowest BCUT2D eigenvalue weighted by Gasteiger charge is -2.31. The van der Waals surface area contributed by atoms with Gasteiger partial charge in [-0.15, -0.1) is 0 Å². The van der Waals surface area contributed by atoms with Gasteiger partial charge in [-0.1, -0.05) is 19.3 Å². The smallest absolute Gasteiger partial charge is 0.223 e. The number of hydrogen-bond donors (Lipinski definition) is 2. The standard InChI is InChI=1S/C15H28N2O/c1-11(16)12-7-9-13(10-8-12)15(18)17-14-5-3-2-4-6-14/h11-14H,2-10,16H2,1H3,(H,17,18). The summed E-state index contributed by atoms with van der Waals surface area (Å²) in [4.78, 5) is 12.2. The van der Waals surface area contributed by atoms with E-state index >= 15 is 0 Å². The number of carbonyl (C=O) groups excluding carboxylic acids is 1. The van der Waals surface area contributed by atoms with Gasteiger partial charge in [-0.25, -0.2) is 0 Å². The molecule has 1 unspecified atom stereocenters. The maximum Gasteiger partial charge on any atom is 0.223 e. The lowest BCUT2D eigenvalue weighted by Crippen LogP contribution is -2.42. The van der Waals surface area contributed by atoms with Crippen molar-refractivity contribution in [1.29, 1.82) is 0 Å². The van der Waals surface area contributed by atoms with Crippen molar-refractivity contribution in [1.82, 2.24) is 5.32 Å². The first-order valence-corrected chi connectivity index (χ1v) is 7.72. The number of nitrogens with one attached hydrogen (secondary N) is 1. The van der Waals surface area contributed by atoms with Crippen molar-refractivity contribution in [3.05, 3.63) is 0 Å². The lowest BCUT2D eigenvalue weighted by molar-refractivity contribution is -0.127. The van der Waals surface area contributed by atoms with Crippen LogP contribution in [-0.2, 0) is 4.79 Å². The highest BCUT2D eigenvalue weighted by Gasteiger charge is 2.29. The highest BCUT2D eigenvalue weighted by molar-refractivity contribution is 5.79. The van der Waals surface area contributed by atoms with Gasteiger partial charge < -0.3 is 11.1 Å². The highest BCUT2D eigenvalue weighted by atomic mass is 16.1. The minimum absolute atomic E-state index is 0.252. The zero-order valence-corrected chi connectivity index (χ0v) is 11.7. The van der Waals surface area contributed by atoms with Gasteiger partial charge in [-0.3, -0.25) is 4.79 Å². The number of carbonyl (C=O) groups is 1. The second-order valence-corrected chi connectivity index (χ2v) is 6.31. The molecule has 1 amide bonds. The minimum atomic E-state index is 0.252. The average Bonchev–Trinajstić information content (AvgIpc) is 2.40. The van der Waals surface area contributed by atoms with Gasteiger partial charge in [0.15, 0.2) is 0 Å². The van der Waals surface area contributed by atoms with E-state index in [1.54, 1.807) is 0 Å². The summed E-state index contributed by atoms with van der Waals surface area (Å²) in [6.45, 7) is 2.09. The summed E-state index contributed by atoms with van der Waals surface area (Å²) < 4.78 is 0. The first-order chi connectivity index (χ1) is 8.66. The summed E-state index contributed by atoms with van der Waals surface area (Å²) in [5.74, 6) is 1.19. The van der Waals surface area contributed by atoms with Crippen LogP contribution in [0.4, 0.5) is 0 Å². The van der Waals surface area contributed by atoms with Crippen LogP contribution in [0.25, 0.3) is 0 Å². The van der Waals surface area contributed by atoms with Crippen LogP contribution in [-0.4, -0.2) is 18.0 Å². The van der Waals surface area contributed by atoms with Crippen LogP contribution in [0.1, 0.15) is 64.7 Å². The molecule has 1 atom stereocenters. The SMILES string of the molecule is CC(N)C1CCC(C(=O)NC2CCCCC2)CC1. The number of nitrogens with two attached hydrogens (primary N) is 1. The summed E-state index contributed by atoms with van der Waals surface area (Å²) in [5.41, 5.74) is 5.94. The van der Waals surface area contributed by atoms with Crippen molar-refractivity contribution < 1.29 is 4.79 Å². The topological polar surface area (TPSA) is 55.1 Å². The Bertz CT molecular complexity index is 264. The van der Waals surface area contributed by atoms with E-state index in [0.29, 0.717) is 17.9 Å². The first-order valence-electron chi connectivity index (χ1n) is 7.72. The Morgan fingerprint density at radius 2 is 1.67 bits per heavy atom. The van der Waals surface area contributed by atoms with E-state index in [0.717, 1.165) is 25.7 Å². The Balaban J connectivity index is 1.73. The molecule has 2 rings (SSSR count). The van der Waals surface area contributed by atoms with Crippen molar-refractivity contribution in [2.75, 3.05) is 0 Å². The fourth-order valence-electron chi connectivity index (χ4n) is 3.47. The predicted octanol–water partition coefficient (Wildman–Crippen LogP) is 2.59. The maximum absolute atomic E-state index is 12.2. The first kappa shape index (κ1) is 13.9. The normalized spacial score (nSPS) is 31.9. The molecule has 3 nitrogen and oxygen atoms in total.